The van der Waals surface area contributed by atoms with E-state index in [2.05, 4.69) is 5.32 Å². The minimum absolute atomic E-state index is 0.0235. The van der Waals surface area contributed by atoms with Crippen molar-refractivity contribution >= 4 is 17.8 Å². The maximum atomic E-state index is 12.8. The van der Waals surface area contributed by atoms with Crippen molar-refractivity contribution in [2.75, 3.05) is 20.2 Å². The van der Waals surface area contributed by atoms with Crippen LogP contribution in [-0.4, -0.2) is 48.9 Å². The first-order valence-corrected chi connectivity index (χ1v) is 8.16. The van der Waals surface area contributed by atoms with Crippen LogP contribution in [0.2, 0.25) is 0 Å². The van der Waals surface area contributed by atoms with Crippen molar-refractivity contribution in [1.82, 2.24) is 10.2 Å². The number of nitrogens with zero attached hydrogens (tertiary/aromatic N) is 1. The Kier molecular flexibility index (Phi) is 5.80. The fourth-order valence-electron chi connectivity index (χ4n) is 3.68. The molecule has 22 heavy (non-hydrogen) atoms. The third-order valence-corrected chi connectivity index (χ3v) is 4.73. The SMILES string of the molecule is COC(=O)[C@@H]1CCCC[C@H]1C(=O)N1CCC[C@H](NC(C)=O)C1. The normalized spacial score (nSPS) is 28.8. The monoisotopic (exact) mass is 310 g/mol. The van der Waals surface area contributed by atoms with Gasteiger partial charge in [0, 0.05) is 26.1 Å². The summed E-state index contributed by atoms with van der Waals surface area (Å²) < 4.78 is 4.86. The first-order chi connectivity index (χ1) is 10.5. The number of ether oxygens (including phenoxy) is 1. The Morgan fingerprint density at radius 1 is 1.05 bits per heavy atom. The fraction of sp³-hybridized carbons (Fsp3) is 0.812. The number of methoxy groups -OCH3 is 1. The summed E-state index contributed by atoms with van der Waals surface area (Å²) in [5, 5.41) is 2.89. The first kappa shape index (κ1) is 16.8. The molecule has 1 heterocycles. The van der Waals surface area contributed by atoms with Crippen LogP contribution in [0.1, 0.15) is 45.4 Å². The summed E-state index contributed by atoms with van der Waals surface area (Å²) in [7, 11) is 1.38. The third-order valence-electron chi connectivity index (χ3n) is 4.73. The average Bonchev–Trinajstić information content (AvgIpc) is 2.53. The Morgan fingerprint density at radius 2 is 1.73 bits per heavy atom. The molecule has 0 unspecified atom stereocenters. The van der Waals surface area contributed by atoms with Gasteiger partial charge in [0.2, 0.25) is 11.8 Å². The third kappa shape index (κ3) is 3.99. The number of amides is 2. The number of carbonyl (C=O) groups excluding carboxylic acids is 3. The quantitative estimate of drug-likeness (QED) is 0.792. The summed E-state index contributed by atoms with van der Waals surface area (Å²) in [6.45, 7) is 2.75. The van der Waals surface area contributed by atoms with Crippen LogP contribution in [-0.2, 0) is 19.1 Å². The van der Waals surface area contributed by atoms with E-state index in [1.807, 2.05) is 4.90 Å². The highest BCUT2D eigenvalue weighted by Crippen LogP contribution is 2.33. The number of nitrogens with one attached hydrogen (secondary N) is 1. The van der Waals surface area contributed by atoms with Gasteiger partial charge >= 0.3 is 5.97 Å². The van der Waals surface area contributed by atoms with Crippen molar-refractivity contribution in [3.63, 3.8) is 0 Å². The molecule has 2 fully saturated rings. The van der Waals surface area contributed by atoms with Crippen molar-refractivity contribution in [2.45, 2.75) is 51.5 Å². The number of hydrogen-bond donors (Lipinski definition) is 1. The van der Waals surface area contributed by atoms with E-state index in [1.165, 1.54) is 14.0 Å². The first-order valence-electron chi connectivity index (χ1n) is 8.16. The van der Waals surface area contributed by atoms with Crippen molar-refractivity contribution in [3.05, 3.63) is 0 Å². The highest BCUT2D eigenvalue weighted by atomic mass is 16.5. The average molecular weight is 310 g/mol. The molecule has 0 aromatic rings. The van der Waals surface area contributed by atoms with Crippen LogP contribution >= 0.6 is 0 Å². The molecule has 6 nitrogen and oxygen atoms in total. The van der Waals surface area contributed by atoms with E-state index >= 15 is 0 Å². The summed E-state index contributed by atoms with van der Waals surface area (Å²) in [6, 6.07) is 0.0235. The van der Waals surface area contributed by atoms with Gasteiger partial charge in [-0.1, -0.05) is 12.8 Å². The predicted molar refractivity (Wildman–Crippen MR) is 80.9 cm³/mol. The van der Waals surface area contributed by atoms with Crippen molar-refractivity contribution in [3.8, 4) is 0 Å². The molecule has 124 valence electrons. The van der Waals surface area contributed by atoms with Crippen LogP contribution in [0.25, 0.3) is 0 Å². The molecule has 0 aromatic carbocycles. The molecule has 2 aliphatic rings. The van der Waals surface area contributed by atoms with Gasteiger partial charge in [0.05, 0.1) is 18.9 Å². The minimum atomic E-state index is -0.313. The molecule has 1 N–H and O–H groups in total. The molecule has 0 bridgehead atoms. The van der Waals surface area contributed by atoms with Crippen LogP contribution in [0.15, 0.2) is 0 Å². The molecule has 1 saturated heterocycles. The molecule has 2 rings (SSSR count). The van der Waals surface area contributed by atoms with Gasteiger partial charge in [0.25, 0.3) is 0 Å². The molecule has 1 saturated carbocycles. The van der Waals surface area contributed by atoms with Gasteiger partial charge in [0.1, 0.15) is 0 Å². The van der Waals surface area contributed by atoms with E-state index in [4.69, 9.17) is 4.74 Å². The van der Waals surface area contributed by atoms with Gasteiger partial charge in [-0.05, 0) is 25.7 Å². The summed E-state index contributed by atoms with van der Waals surface area (Å²) in [5.74, 6) is -0.868. The second-order valence-electron chi connectivity index (χ2n) is 6.34. The van der Waals surface area contributed by atoms with Crippen molar-refractivity contribution in [1.29, 1.82) is 0 Å². The molecule has 0 spiro atoms. The van der Waals surface area contributed by atoms with Crippen LogP contribution in [0.5, 0.6) is 0 Å². The predicted octanol–water partition coefficient (Wildman–Crippen LogP) is 1.09. The maximum Gasteiger partial charge on any atom is 0.309 e. The van der Waals surface area contributed by atoms with E-state index < -0.39 is 0 Å². The Labute approximate surface area is 131 Å². The highest BCUT2D eigenvalue weighted by molar-refractivity contribution is 5.85. The summed E-state index contributed by atoms with van der Waals surface area (Å²) in [6.07, 6.45) is 5.21. The lowest BCUT2D eigenvalue weighted by atomic mass is 9.78. The number of esters is 1. The number of likely N-dealkylation sites (tertiary alicyclic amines) is 1. The Hall–Kier alpha value is -1.59. The molecule has 6 heteroatoms. The molecular formula is C16H26N2O4. The Bertz CT molecular complexity index is 438. The second-order valence-corrected chi connectivity index (χ2v) is 6.34. The molecule has 3 atom stereocenters. The lowest BCUT2D eigenvalue weighted by Crippen LogP contribution is -2.52. The zero-order valence-corrected chi connectivity index (χ0v) is 13.5. The van der Waals surface area contributed by atoms with Gasteiger partial charge in [-0.2, -0.15) is 0 Å². The fourth-order valence-corrected chi connectivity index (χ4v) is 3.68. The van der Waals surface area contributed by atoms with Crippen LogP contribution < -0.4 is 5.32 Å². The Morgan fingerprint density at radius 3 is 2.36 bits per heavy atom. The van der Waals surface area contributed by atoms with Crippen LogP contribution in [0.4, 0.5) is 0 Å². The largest absolute Gasteiger partial charge is 0.469 e. The lowest BCUT2D eigenvalue weighted by molar-refractivity contribution is -0.155. The van der Waals surface area contributed by atoms with Gasteiger partial charge in [-0.15, -0.1) is 0 Å². The van der Waals surface area contributed by atoms with E-state index in [-0.39, 0.29) is 35.7 Å². The number of rotatable bonds is 3. The molecule has 0 aromatic heterocycles. The van der Waals surface area contributed by atoms with E-state index in [0.717, 1.165) is 38.5 Å². The number of carbonyl (C=O) groups is 3. The van der Waals surface area contributed by atoms with Gasteiger partial charge in [0.15, 0.2) is 0 Å². The summed E-state index contributed by atoms with van der Waals surface area (Å²) >= 11 is 0. The molecule has 2 amide bonds. The second kappa shape index (κ2) is 7.61. The standard InChI is InChI=1S/C16H26N2O4/c1-11(19)17-12-6-5-9-18(10-12)15(20)13-7-3-4-8-14(13)16(21)22-2/h12-14H,3-10H2,1-2H3,(H,17,19)/t12-,13+,14+/m0/s1. The summed E-state index contributed by atoms with van der Waals surface area (Å²) in [5.41, 5.74) is 0. The smallest absolute Gasteiger partial charge is 0.309 e. The van der Waals surface area contributed by atoms with Gasteiger partial charge < -0.3 is 15.0 Å². The van der Waals surface area contributed by atoms with E-state index in [9.17, 15) is 14.4 Å². The molecule has 0 radical (unpaired) electrons. The topological polar surface area (TPSA) is 75.7 Å². The number of piperidine rings is 1. The van der Waals surface area contributed by atoms with Crippen molar-refractivity contribution < 1.29 is 19.1 Å². The van der Waals surface area contributed by atoms with Crippen LogP contribution in [0.3, 0.4) is 0 Å². The molecular weight excluding hydrogens is 284 g/mol. The van der Waals surface area contributed by atoms with Crippen LogP contribution in [0, 0.1) is 11.8 Å². The molecule has 1 aliphatic carbocycles. The van der Waals surface area contributed by atoms with Gasteiger partial charge in [-0.25, -0.2) is 0 Å². The minimum Gasteiger partial charge on any atom is -0.469 e. The zero-order chi connectivity index (χ0) is 16.1. The number of hydrogen-bond acceptors (Lipinski definition) is 4. The van der Waals surface area contributed by atoms with Crippen molar-refractivity contribution in [2.24, 2.45) is 11.8 Å². The maximum absolute atomic E-state index is 12.8. The zero-order valence-electron chi connectivity index (χ0n) is 13.5. The van der Waals surface area contributed by atoms with Gasteiger partial charge in [-0.3, -0.25) is 14.4 Å². The highest BCUT2D eigenvalue weighted by Gasteiger charge is 2.39. The van der Waals surface area contributed by atoms with E-state index in [1.54, 1.807) is 0 Å². The summed E-state index contributed by atoms with van der Waals surface area (Å²) in [4.78, 5) is 37.8. The van der Waals surface area contributed by atoms with E-state index in [0.29, 0.717) is 13.1 Å². The molecule has 1 aliphatic heterocycles. The lowest BCUT2D eigenvalue weighted by Gasteiger charge is -2.37. The Balaban J connectivity index is 2.01.